The second-order valence-electron chi connectivity index (χ2n) is 6.16. The maximum absolute atomic E-state index is 12.8. The smallest absolute Gasteiger partial charge is 0.200 e. The molecule has 4 rings (SSSR count). The quantitative estimate of drug-likeness (QED) is 0.554. The summed E-state index contributed by atoms with van der Waals surface area (Å²) in [6.07, 6.45) is 0.546. The molecule has 23 heavy (non-hydrogen) atoms. The van der Waals surface area contributed by atoms with E-state index in [2.05, 4.69) is 6.58 Å². The lowest BCUT2D eigenvalue weighted by Gasteiger charge is -2.14. The summed E-state index contributed by atoms with van der Waals surface area (Å²) in [5.74, 6) is 0.598. The number of aromatic hydroxyl groups is 1. The molecule has 1 aliphatic rings. The molecule has 0 amide bonds. The van der Waals surface area contributed by atoms with Gasteiger partial charge in [0.1, 0.15) is 17.6 Å². The maximum atomic E-state index is 12.8. The van der Waals surface area contributed by atoms with Gasteiger partial charge < -0.3 is 14.4 Å². The van der Waals surface area contributed by atoms with Crippen molar-refractivity contribution in [3.05, 3.63) is 58.3 Å². The molecule has 0 saturated carbocycles. The lowest BCUT2D eigenvalue weighted by Crippen LogP contribution is -2.13. The average molecular weight is 307 g/mol. The van der Waals surface area contributed by atoms with Gasteiger partial charge in [-0.3, -0.25) is 4.79 Å². The Kier molecular flexibility index (Phi) is 2.79. The minimum Gasteiger partial charge on any atom is -0.507 e. The third-order valence-corrected chi connectivity index (χ3v) is 4.62. The second-order valence-corrected chi connectivity index (χ2v) is 6.16. The Labute approximate surface area is 133 Å². The summed E-state index contributed by atoms with van der Waals surface area (Å²) in [5.41, 5.74) is 3.33. The molecule has 0 aliphatic carbocycles. The number of hydrogen-bond donors (Lipinski definition) is 1. The first-order valence-electron chi connectivity index (χ1n) is 7.57. The Morgan fingerprint density at radius 2 is 2.13 bits per heavy atom. The number of phenols is 1. The number of benzene rings is 2. The van der Waals surface area contributed by atoms with E-state index < -0.39 is 0 Å². The van der Waals surface area contributed by atoms with E-state index in [-0.39, 0.29) is 17.3 Å². The van der Waals surface area contributed by atoms with Gasteiger partial charge >= 0.3 is 0 Å². The third-order valence-electron chi connectivity index (χ3n) is 4.62. The van der Waals surface area contributed by atoms with Crippen LogP contribution in [0.15, 0.2) is 47.3 Å². The van der Waals surface area contributed by atoms with Gasteiger partial charge in [-0.25, -0.2) is 0 Å². The van der Waals surface area contributed by atoms with E-state index in [1.54, 1.807) is 12.1 Å². The summed E-state index contributed by atoms with van der Waals surface area (Å²) in [6.45, 7) is 5.88. The van der Waals surface area contributed by atoms with Crippen molar-refractivity contribution >= 4 is 21.8 Å². The summed E-state index contributed by atoms with van der Waals surface area (Å²) < 4.78 is 7.86. The van der Waals surface area contributed by atoms with Gasteiger partial charge in [0.15, 0.2) is 0 Å². The first-order valence-corrected chi connectivity index (χ1v) is 7.57. The molecule has 2 heterocycles. The zero-order valence-electron chi connectivity index (χ0n) is 13.1. The molecule has 0 fully saturated rings. The summed E-state index contributed by atoms with van der Waals surface area (Å²) in [7, 11) is 1.91. The highest BCUT2D eigenvalue weighted by molar-refractivity contribution is 5.99. The molecule has 1 atom stereocenters. The van der Waals surface area contributed by atoms with Gasteiger partial charge in [0.25, 0.3) is 0 Å². The SMILES string of the molecule is C=C(C)C1Cc2c(cc(O)c3c(=O)c4ccccc4n(C)c23)O1. The second kappa shape index (κ2) is 4.62. The fraction of sp³-hybridized carbons (Fsp3) is 0.211. The molecule has 116 valence electrons. The van der Waals surface area contributed by atoms with Crippen molar-refractivity contribution in [1.29, 1.82) is 0 Å². The van der Waals surface area contributed by atoms with Crippen molar-refractivity contribution < 1.29 is 9.84 Å². The number of hydrogen-bond acceptors (Lipinski definition) is 3. The molecular formula is C19H17NO3. The predicted molar refractivity (Wildman–Crippen MR) is 91.3 cm³/mol. The summed E-state index contributed by atoms with van der Waals surface area (Å²) in [4.78, 5) is 12.8. The van der Waals surface area contributed by atoms with Gasteiger partial charge in [-0.1, -0.05) is 18.7 Å². The minimum absolute atomic E-state index is 0.0348. The van der Waals surface area contributed by atoms with E-state index in [1.807, 2.05) is 36.7 Å². The van der Waals surface area contributed by atoms with E-state index in [1.165, 1.54) is 0 Å². The van der Waals surface area contributed by atoms with E-state index in [4.69, 9.17) is 4.74 Å². The largest absolute Gasteiger partial charge is 0.507 e. The van der Waals surface area contributed by atoms with Crippen LogP contribution >= 0.6 is 0 Å². The van der Waals surface area contributed by atoms with Gasteiger partial charge in [0.05, 0.1) is 16.4 Å². The highest BCUT2D eigenvalue weighted by Gasteiger charge is 2.29. The molecule has 1 unspecified atom stereocenters. The summed E-state index contributed by atoms with van der Waals surface area (Å²) >= 11 is 0. The van der Waals surface area contributed by atoms with Crippen LogP contribution in [-0.2, 0) is 13.5 Å². The van der Waals surface area contributed by atoms with E-state index in [9.17, 15) is 9.90 Å². The molecule has 1 aromatic heterocycles. The first kappa shape index (κ1) is 13.9. The number of aromatic nitrogens is 1. The van der Waals surface area contributed by atoms with E-state index >= 15 is 0 Å². The molecule has 3 aromatic rings. The van der Waals surface area contributed by atoms with Crippen LogP contribution in [0.3, 0.4) is 0 Å². The van der Waals surface area contributed by atoms with Crippen molar-refractivity contribution in [3.63, 3.8) is 0 Å². The van der Waals surface area contributed by atoms with Crippen molar-refractivity contribution in [2.24, 2.45) is 7.05 Å². The highest BCUT2D eigenvalue weighted by Crippen LogP contribution is 2.40. The van der Waals surface area contributed by atoms with Gasteiger partial charge in [0.2, 0.25) is 5.43 Å². The van der Waals surface area contributed by atoms with Crippen LogP contribution in [-0.4, -0.2) is 15.8 Å². The van der Waals surface area contributed by atoms with Crippen molar-refractivity contribution in [2.45, 2.75) is 19.4 Å². The zero-order chi connectivity index (χ0) is 16.3. The van der Waals surface area contributed by atoms with Crippen LogP contribution < -0.4 is 10.2 Å². The number of fused-ring (bicyclic) bond motifs is 4. The van der Waals surface area contributed by atoms with Crippen LogP contribution in [0.4, 0.5) is 0 Å². The molecule has 4 nitrogen and oxygen atoms in total. The maximum Gasteiger partial charge on any atom is 0.200 e. The van der Waals surface area contributed by atoms with Crippen LogP contribution in [0.2, 0.25) is 0 Å². The third kappa shape index (κ3) is 1.81. The molecule has 0 spiro atoms. The van der Waals surface area contributed by atoms with Crippen LogP contribution in [0.25, 0.3) is 21.8 Å². The number of ether oxygens (including phenoxy) is 1. The molecule has 4 heteroatoms. The Morgan fingerprint density at radius 3 is 2.87 bits per heavy atom. The molecule has 1 N–H and O–H groups in total. The number of nitrogens with zero attached hydrogens (tertiary/aromatic N) is 1. The lowest BCUT2D eigenvalue weighted by molar-refractivity contribution is 0.270. The Hall–Kier alpha value is -2.75. The number of pyridine rings is 1. The van der Waals surface area contributed by atoms with Gasteiger partial charge in [-0.2, -0.15) is 0 Å². The highest BCUT2D eigenvalue weighted by atomic mass is 16.5. The van der Waals surface area contributed by atoms with Crippen LogP contribution in [0, 0.1) is 0 Å². The number of aryl methyl sites for hydroxylation is 1. The first-order chi connectivity index (χ1) is 11.0. The van der Waals surface area contributed by atoms with Crippen molar-refractivity contribution in [1.82, 2.24) is 4.57 Å². The number of phenolic OH excluding ortho intramolecular Hbond substituents is 1. The van der Waals surface area contributed by atoms with Crippen molar-refractivity contribution in [3.8, 4) is 11.5 Å². The standard InChI is InChI=1S/C19H17NO3/c1-10(2)15-8-12-16(23-15)9-14(21)17-18(12)20(3)13-7-5-4-6-11(13)19(17)22/h4-7,9,15,21H,1,8H2,2-3H3. The minimum atomic E-state index is -0.146. The zero-order valence-corrected chi connectivity index (χ0v) is 13.1. The van der Waals surface area contributed by atoms with Crippen LogP contribution in [0.1, 0.15) is 12.5 Å². The lowest BCUT2D eigenvalue weighted by atomic mass is 10.00. The molecule has 1 aliphatic heterocycles. The normalized spacial score (nSPS) is 16.5. The van der Waals surface area contributed by atoms with E-state index in [0.717, 1.165) is 22.2 Å². The van der Waals surface area contributed by atoms with Gasteiger partial charge in [-0.05, 0) is 24.6 Å². The van der Waals surface area contributed by atoms with Gasteiger partial charge in [0, 0.05) is 30.5 Å². The predicted octanol–water partition coefficient (Wildman–Crippen LogP) is 3.28. The molecule has 0 saturated heterocycles. The fourth-order valence-corrected chi connectivity index (χ4v) is 3.44. The summed E-state index contributed by atoms with van der Waals surface area (Å²) in [6, 6.07) is 9.00. The number of rotatable bonds is 1. The average Bonchev–Trinajstić information content (AvgIpc) is 2.95. The van der Waals surface area contributed by atoms with E-state index in [0.29, 0.717) is 22.9 Å². The molecule has 0 radical (unpaired) electrons. The Morgan fingerprint density at radius 1 is 1.39 bits per heavy atom. The molecular weight excluding hydrogens is 290 g/mol. The van der Waals surface area contributed by atoms with Crippen LogP contribution in [0.5, 0.6) is 11.5 Å². The summed E-state index contributed by atoms with van der Waals surface area (Å²) in [5, 5.41) is 11.4. The Bertz CT molecular complexity index is 1050. The fourth-order valence-electron chi connectivity index (χ4n) is 3.44. The monoisotopic (exact) mass is 307 g/mol. The Balaban J connectivity index is 2.19. The molecule has 0 bridgehead atoms. The van der Waals surface area contributed by atoms with Crippen molar-refractivity contribution in [2.75, 3.05) is 0 Å². The molecule has 2 aromatic carbocycles. The topological polar surface area (TPSA) is 51.5 Å². The number of para-hydroxylation sites is 1. The van der Waals surface area contributed by atoms with Gasteiger partial charge in [-0.15, -0.1) is 0 Å².